The highest BCUT2D eigenvalue weighted by molar-refractivity contribution is 7.89. The lowest BCUT2D eigenvalue weighted by Crippen LogP contribution is -2.23. The fourth-order valence-corrected chi connectivity index (χ4v) is 2.67. The molecule has 20 heavy (non-hydrogen) atoms. The van der Waals surface area contributed by atoms with Gasteiger partial charge in [0.25, 0.3) is 0 Å². The second-order valence-corrected chi connectivity index (χ2v) is 6.08. The van der Waals surface area contributed by atoms with Gasteiger partial charge in [0, 0.05) is 18.9 Å². The fourth-order valence-electron chi connectivity index (χ4n) is 1.63. The number of nitrogens with two attached hydrogens (primary N) is 1. The zero-order chi connectivity index (χ0) is 14.8. The zero-order valence-electron chi connectivity index (χ0n) is 10.8. The molecule has 0 spiro atoms. The van der Waals surface area contributed by atoms with E-state index in [9.17, 15) is 12.8 Å². The molecule has 2 rings (SSSR count). The molecule has 0 bridgehead atoms. The predicted octanol–water partition coefficient (Wildman–Crippen LogP) is 1.59. The van der Waals surface area contributed by atoms with Crippen molar-refractivity contribution >= 4 is 15.7 Å². The van der Waals surface area contributed by atoms with E-state index in [1.807, 2.05) is 6.92 Å². The van der Waals surface area contributed by atoms with Crippen LogP contribution in [-0.2, 0) is 16.6 Å². The molecule has 0 saturated heterocycles. The monoisotopic (exact) mass is 295 g/mol. The highest BCUT2D eigenvalue weighted by atomic mass is 32.2. The lowest BCUT2D eigenvalue weighted by atomic mass is 10.2. The van der Waals surface area contributed by atoms with Gasteiger partial charge in [0.05, 0.1) is 10.6 Å². The third kappa shape index (κ3) is 3.12. The van der Waals surface area contributed by atoms with Crippen molar-refractivity contribution in [2.45, 2.75) is 18.4 Å². The van der Waals surface area contributed by atoms with Crippen molar-refractivity contribution in [3.63, 3.8) is 0 Å². The van der Waals surface area contributed by atoms with E-state index in [1.54, 1.807) is 18.5 Å². The smallest absolute Gasteiger partial charge is 0.240 e. The first kappa shape index (κ1) is 14.4. The Kier molecular flexibility index (Phi) is 4.01. The molecule has 0 radical (unpaired) electrons. The second kappa shape index (κ2) is 5.56. The number of aryl methyl sites for hydroxylation is 1. The molecule has 0 unspecified atom stereocenters. The fraction of sp³-hybridized carbons (Fsp3) is 0.154. The lowest BCUT2D eigenvalue weighted by molar-refractivity contribution is 0.580. The van der Waals surface area contributed by atoms with E-state index >= 15 is 0 Å². The van der Waals surface area contributed by atoms with E-state index in [0.717, 1.165) is 23.3 Å². The first-order valence-electron chi connectivity index (χ1n) is 5.84. The van der Waals surface area contributed by atoms with Crippen LogP contribution in [0.1, 0.15) is 11.1 Å². The first-order chi connectivity index (χ1) is 9.40. The number of aromatic nitrogens is 1. The number of halogens is 1. The minimum absolute atomic E-state index is 0.0713. The summed E-state index contributed by atoms with van der Waals surface area (Å²) in [5.74, 6) is -0.646. The van der Waals surface area contributed by atoms with Gasteiger partial charge in [-0.25, -0.2) is 17.5 Å². The van der Waals surface area contributed by atoms with E-state index in [4.69, 9.17) is 5.73 Å². The van der Waals surface area contributed by atoms with E-state index in [1.165, 1.54) is 6.07 Å². The molecule has 0 fully saturated rings. The van der Waals surface area contributed by atoms with Crippen molar-refractivity contribution in [1.82, 2.24) is 9.71 Å². The summed E-state index contributed by atoms with van der Waals surface area (Å²) in [5.41, 5.74) is 6.87. The Labute approximate surface area is 116 Å². The normalized spacial score (nSPS) is 11.5. The van der Waals surface area contributed by atoms with Gasteiger partial charge in [-0.1, -0.05) is 0 Å². The van der Waals surface area contributed by atoms with Crippen molar-refractivity contribution in [2.75, 3.05) is 5.73 Å². The summed E-state index contributed by atoms with van der Waals surface area (Å²) < 4.78 is 39.6. The van der Waals surface area contributed by atoms with Gasteiger partial charge in [-0.15, -0.1) is 0 Å². The van der Waals surface area contributed by atoms with Crippen LogP contribution in [-0.4, -0.2) is 13.4 Å². The molecule has 1 aromatic carbocycles. The van der Waals surface area contributed by atoms with Crippen LogP contribution in [0.4, 0.5) is 10.1 Å². The average molecular weight is 295 g/mol. The Morgan fingerprint density at radius 1 is 1.35 bits per heavy atom. The van der Waals surface area contributed by atoms with E-state index in [2.05, 4.69) is 9.71 Å². The molecular weight excluding hydrogens is 281 g/mol. The van der Waals surface area contributed by atoms with Gasteiger partial charge in [0.2, 0.25) is 10.0 Å². The number of hydrogen-bond acceptors (Lipinski definition) is 4. The Balaban J connectivity index is 2.19. The Bertz CT molecular complexity index is 732. The van der Waals surface area contributed by atoms with Gasteiger partial charge < -0.3 is 5.73 Å². The highest BCUT2D eigenvalue weighted by Crippen LogP contribution is 2.17. The third-order valence-corrected chi connectivity index (χ3v) is 4.28. The average Bonchev–Trinajstić information content (AvgIpc) is 2.41. The summed E-state index contributed by atoms with van der Waals surface area (Å²) in [5, 5.41) is 0. The van der Waals surface area contributed by atoms with E-state index in [0.29, 0.717) is 0 Å². The summed E-state index contributed by atoms with van der Waals surface area (Å²) in [4.78, 5) is 3.87. The number of nitrogens with one attached hydrogen (secondary N) is 1. The Hall–Kier alpha value is -1.99. The van der Waals surface area contributed by atoms with Crippen molar-refractivity contribution in [2.24, 2.45) is 0 Å². The maximum Gasteiger partial charge on any atom is 0.240 e. The Morgan fingerprint density at radius 3 is 2.75 bits per heavy atom. The standard InChI is InChI=1S/C13H14FN3O2S/c1-9-4-5-16-7-10(9)8-17-20(18,19)11-2-3-12(14)13(15)6-11/h2-7,17H,8,15H2,1H3. The molecule has 2 aromatic rings. The summed E-state index contributed by atoms with van der Waals surface area (Å²) in [7, 11) is -3.74. The molecule has 7 heteroatoms. The quantitative estimate of drug-likeness (QED) is 0.839. The van der Waals surface area contributed by atoms with Crippen LogP contribution in [0.15, 0.2) is 41.6 Å². The van der Waals surface area contributed by atoms with Crippen LogP contribution in [0.25, 0.3) is 0 Å². The molecule has 3 N–H and O–H groups in total. The maximum atomic E-state index is 13.0. The molecule has 0 aliphatic rings. The predicted molar refractivity (Wildman–Crippen MR) is 73.8 cm³/mol. The molecule has 5 nitrogen and oxygen atoms in total. The lowest BCUT2D eigenvalue weighted by Gasteiger charge is -2.09. The minimum Gasteiger partial charge on any atom is -0.396 e. The topological polar surface area (TPSA) is 85.1 Å². The van der Waals surface area contributed by atoms with Crippen molar-refractivity contribution in [3.8, 4) is 0 Å². The van der Waals surface area contributed by atoms with Gasteiger partial charge in [-0.2, -0.15) is 0 Å². The van der Waals surface area contributed by atoms with Gasteiger partial charge in [0.1, 0.15) is 5.82 Å². The number of hydrogen-bond donors (Lipinski definition) is 2. The molecule has 0 saturated carbocycles. The van der Waals surface area contributed by atoms with Crippen LogP contribution >= 0.6 is 0 Å². The first-order valence-corrected chi connectivity index (χ1v) is 7.32. The summed E-state index contributed by atoms with van der Waals surface area (Å²) in [6.45, 7) is 1.97. The van der Waals surface area contributed by atoms with E-state index in [-0.39, 0.29) is 17.1 Å². The molecule has 0 aliphatic heterocycles. The van der Waals surface area contributed by atoms with Crippen LogP contribution < -0.4 is 10.5 Å². The molecule has 1 aromatic heterocycles. The summed E-state index contributed by atoms with van der Waals surface area (Å²) >= 11 is 0. The minimum atomic E-state index is -3.74. The van der Waals surface area contributed by atoms with Crippen molar-refractivity contribution < 1.29 is 12.8 Å². The Morgan fingerprint density at radius 2 is 2.10 bits per heavy atom. The van der Waals surface area contributed by atoms with Gasteiger partial charge in [0.15, 0.2) is 0 Å². The maximum absolute atomic E-state index is 13.0. The molecule has 0 amide bonds. The second-order valence-electron chi connectivity index (χ2n) is 4.31. The molecule has 0 aliphatic carbocycles. The largest absolute Gasteiger partial charge is 0.396 e. The highest BCUT2D eigenvalue weighted by Gasteiger charge is 2.15. The number of rotatable bonds is 4. The third-order valence-electron chi connectivity index (χ3n) is 2.88. The van der Waals surface area contributed by atoms with Crippen molar-refractivity contribution in [1.29, 1.82) is 0 Å². The SMILES string of the molecule is Cc1ccncc1CNS(=O)(=O)c1ccc(F)c(N)c1. The number of benzene rings is 1. The molecular formula is C13H14FN3O2S. The number of nitrogens with zero attached hydrogens (tertiary/aromatic N) is 1. The van der Waals surface area contributed by atoms with Crippen LogP contribution in [0.5, 0.6) is 0 Å². The molecule has 106 valence electrons. The zero-order valence-corrected chi connectivity index (χ0v) is 11.6. The number of pyridine rings is 1. The summed E-state index contributed by atoms with van der Waals surface area (Å²) in [6.07, 6.45) is 3.23. The van der Waals surface area contributed by atoms with Gasteiger partial charge in [-0.05, 0) is 42.3 Å². The number of anilines is 1. The van der Waals surface area contributed by atoms with Gasteiger partial charge in [-0.3, -0.25) is 4.98 Å². The van der Waals surface area contributed by atoms with Crippen molar-refractivity contribution in [3.05, 3.63) is 53.6 Å². The number of sulfonamides is 1. The van der Waals surface area contributed by atoms with Crippen LogP contribution in [0.2, 0.25) is 0 Å². The van der Waals surface area contributed by atoms with E-state index < -0.39 is 15.8 Å². The van der Waals surface area contributed by atoms with Crippen LogP contribution in [0, 0.1) is 12.7 Å². The van der Waals surface area contributed by atoms with Gasteiger partial charge >= 0.3 is 0 Å². The van der Waals surface area contributed by atoms with Crippen LogP contribution in [0.3, 0.4) is 0 Å². The molecule has 1 heterocycles. The molecule has 0 atom stereocenters. The summed E-state index contributed by atoms with van der Waals surface area (Å²) in [6, 6.07) is 5.08. The number of nitrogen functional groups attached to an aromatic ring is 1.